The van der Waals surface area contributed by atoms with Gasteiger partial charge in [-0.15, -0.1) is 0 Å². The van der Waals surface area contributed by atoms with Gasteiger partial charge in [0, 0.05) is 15.4 Å². The number of hydrogen-bond donors (Lipinski definition) is 1. The largest absolute Gasteiger partial charge is 0.467 e. The van der Waals surface area contributed by atoms with Crippen molar-refractivity contribution < 1.29 is 14.3 Å². The molecule has 0 unspecified atom stereocenters. The zero-order chi connectivity index (χ0) is 18.5. The number of rotatable bonds is 5. The third-order valence-electron chi connectivity index (χ3n) is 3.98. The number of benzene rings is 2. The first kappa shape index (κ1) is 18.3. The van der Waals surface area contributed by atoms with E-state index >= 15 is 0 Å². The maximum Gasteiger partial charge on any atom is 0.328 e. The summed E-state index contributed by atoms with van der Waals surface area (Å²) in [5.74, 6) is -0.894. The van der Waals surface area contributed by atoms with E-state index in [9.17, 15) is 9.59 Å². The number of nitrogens with zero attached hydrogens (tertiary/aromatic N) is 1. The van der Waals surface area contributed by atoms with Crippen molar-refractivity contribution >= 4 is 45.4 Å². The van der Waals surface area contributed by atoms with Gasteiger partial charge in [0.2, 0.25) is 0 Å². The van der Waals surface area contributed by atoms with Crippen LogP contribution in [0.15, 0.2) is 60.7 Å². The Hall–Kier alpha value is -2.48. The van der Waals surface area contributed by atoms with Crippen molar-refractivity contribution in [3.05, 3.63) is 75.5 Å². The van der Waals surface area contributed by atoms with Gasteiger partial charge in [-0.05, 0) is 52.4 Å². The minimum Gasteiger partial charge on any atom is -0.467 e. The second-order valence-electron chi connectivity index (χ2n) is 5.77. The molecule has 6 heteroatoms. The fourth-order valence-electron chi connectivity index (χ4n) is 2.62. The molecule has 0 aliphatic rings. The quantitative estimate of drug-likeness (QED) is 0.469. The first-order valence-corrected chi connectivity index (χ1v) is 9.13. The summed E-state index contributed by atoms with van der Waals surface area (Å²) in [6.07, 6.45) is 0.350. The van der Waals surface area contributed by atoms with Crippen LogP contribution in [0.3, 0.4) is 0 Å². The third-order valence-corrected chi connectivity index (χ3v) is 4.69. The maximum atomic E-state index is 12.6. The highest BCUT2D eigenvalue weighted by molar-refractivity contribution is 14.1. The Morgan fingerprint density at radius 3 is 2.54 bits per heavy atom. The van der Waals surface area contributed by atoms with E-state index in [-0.39, 0.29) is 5.69 Å². The summed E-state index contributed by atoms with van der Waals surface area (Å²) in [7, 11) is 1.31. The van der Waals surface area contributed by atoms with Gasteiger partial charge in [0.25, 0.3) is 5.91 Å². The zero-order valence-corrected chi connectivity index (χ0v) is 16.3. The molecule has 132 valence electrons. The highest BCUT2D eigenvalue weighted by Crippen LogP contribution is 2.13. The highest BCUT2D eigenvalue weighted by Gasteiger charge is 2.23. The lowest BCUT2D eigenvalue weighted by Gasteiger charge is -2.16. The van der Waals surface area contributed by atoms with E-state index in [1.54, 1.807) is 6.07 Å². The van der Waals surface area contributed by atoms with Crippen molar-refractivity contribution in [2.24, 2.45) is 0 Å². The van der Waals surface area contributed by atoms with Gasteiger partial charge in [-0.3, -0.25) is 4.79 Å². The Labute approximate surface area is 164 Å². The monoisotopic (exact) mass is 460 g/mol. The number of fused-ring (bicyclic) bond motifs is 1. The molecule has 1 heterocycles. The van der Waals surface area contributed by atoms with Gasteiger partial charge >= 0.3 is 5.97 Å². The summed E-state index contributed by atoms with van der Waals surface area (Å²) in [5.41, 5.74) is 1.93. The van der Waals surface area contributed by atoms with Crippen molar-refractivity contribution in [2.45, 2.75) is 12.5 Å². The molecular formula is C20H17IN2O3. The van der Waals surface area contributed by atoms with Gasteiger partial charge in [-0.1, -0.05) is 36.4 Å². The van der Waals surface area contributed by atoms with Gasteiger partial charge in [0.15, 0.2) is 0 Å². The molecular weight excluding hydrogens is 443 g/mol. The summed E-state index contributed by atoms with van der Waals surface area (Å²) >= 11 is 2.22. The van der Waals surface area contributed by atoms with E-state index in [2.05, 4.69) is 32.9 Å². The number of esters is 1. The first-order valence-electron chi connectivity index (χ1n) is 8.06. The number of carbonyl (C=O) groups is 2. The fraction of sp³-hybridized carbons (Fsp3) is 0.150. The number of para-hydroxylation sites is 1. The molecule has 2 aromatic carbocycles. The van der Waals surface area contributed by atoms with Crippen LogP contribution in [0.5, 0.6) is 0 Å². The third kappa shape index (κ3) is 4.37. The lowest BCUT2D eigenvalue weighted by atomic mass is 10.1. The number of hydrogen-bond acceptors (Lipinski definition) is 4. The van der Waals surface area contributed by atoms with Crippen LogP contribution in [0.2, 0.25) is 0 Å². The Kier molecular flexibility index (Phi) is 5.82. The number of ether oxygens (including phenoxy) is 1. The van der Waals surface area contributed by atoms with E-state index in [0.29, 0.717) is 6.42 Å². The molecule has 0 fully saturated rings. The Bertz CT molecular complexity index is 941. The first-order chi connectivity index (χ1) is 12.6. The molecule has 1 aromatic heterocycles. The van der Waals surface area contributed by atoms with E-state index in [1.807, 2.05) is 54.6 Å². The molecule has 1 N–H and O–H groups in total. The number of amides is 1. The van der Waals surface area contributed by atoms with Crippen LogP contribution in [-0.2, 0) is 16.0 Å². The predicted octanol–water partition coefficient (Wildman–Crippen LogP) is 3.35. The lowest BCUT2D eigenvalue weighted by Crippen LogP contribution is -2.43. The average molecular weight is 460 g/mol. The summed E-state index contributed by atoms with van der Waals surface area (Å²) < 4.78 is 5.94. The standard InChI is InChI=1S/C20H17IN2O3/c1-26-20(25)18(12-13-6-9-15(21)10-7-13)23-19(24)17-11-8-14-4-2-3-5-16(14)22-17/h2-11,18H,12H2,1H3,(H,23,24)/t18-/m0/s1. The van der Waals surface area contributed by atoms with Crippen molar-refractivity contribution in [3.8, 4) is 0 Å². The van der Waals surface area contributed by atoms with Crippen molar-refractivity contribution in [2.75, 3.05) is 7.11 Å². The summed E-state index contributed by atoms with van der Waals surface area (Å²) in [6, 6.07) is 18.0. The molecule has 0 aliphatic heterocycles. The van der Waals surface area contributed by atoms with E-state index in [1.165, 1.54) is 7.11 Å². The van der Waals surface area contributed by atoms with E-state index < -0.39 is 17.9 Å². The minimum atomic E-state index is -0.777. The molecule has 1 atom stereocenters. The predicted molar refractivity (Wildman–Crippen MR) is 108 cm³/mol. The zero-order valence-electron chi connectivity index (χ0n) is 14.1. The molecule has 0 bridgehead atoms. The molecule has 0 aliphatic carbocycles. The second kappa shape index (κ2) is 8.27. The molecule has 0 spiro atoms. The summed E-state index contributed by atoms with van der Waals surface area (Å²) in [4.78, 5) is 29.1. The summed E-state index contributed by atoms with van der Waals surface area (Å²) in [6.45, 7) is 0. The molecule has 5 nitrogen and oxygen atoms in total. The lowest BCUT2D eigenvalue weighted by molar-refractivity contribution is -0.142. The van der Waals surface area contributed by atoms with Crippen LogP contribution in [0, 0.1) is 3.57 Å². The highest BCUT2D eigenvalue weighted by atomic mass is 127. The molecule has 26 heavy (non-hydrogen) atoms. The molecule has 0 radical (unpaired) electrons. The van der Waals surface area contributed by atoms with E-state index in [0.717, 1.165) is 20.0 Å². The van der Waals surface area contributed by atoms with Crippen LogP contribution < -0.4 is 5.32 Å². The Morgan fingerprint density at radius 2 is 1.81 bits per heavy atom. The van der Waals surface area contributed by atoms with Gasteiger partial charge in [-0.25, -0.2) is 9.78 Å². The Morgan fingerprint density at radius 1 is 1.08 bits per heavy atom. The molecule has 3 aromatic rings. The number of nitrogens with one attached hydrogen (secondary N) is 1. The minimum absolute atomic E-state index is 0.264. The van der Waals surface area contributed by atoms with Gasteiger partial charge in [0.05, 0.1) is 12.6 Å². The van der Waals surface area contributed by atoms with Crippen LogP contribution in [0.4, 0.5) is 0 Å². The second-order valence-corrected chi connectivity index (χ2v) is 7.01. The molecule has 0 saturated heterocycles. The van der Waals surface area contributed by atoms with Crippen molar-refractivity contribution in [3.63, 3.8) is 0 Å². The molecule has 0 saturated carbocycles. The van der Waals surface area contributed by atoms with Crippen LogP contribution in [-0.4, -0.2) is 30.0 Å². The number of aromatic nitrogens is 1. The van der Waals surface area contributed by atoms with E-state index in [4.69, 9.17) is 4.74 Å². The molecule has 3 rings (SSSR count). The van der Waals surface area contributed by atoms with Crippen molar-refractivity contribution in [1.82, 2.24) is 10.3 Å². The van der Waals surface area contributed by atoms with Gasteiger partial charge in [0.1, 0.15) is 11.7 Å². The summed E-state index contributed by atoms with van der Waals surface area (Å²) in [5, 5.41) is 3.69. The van der Waals surface area contributed by atoms with Gasteiger partial charge in [-0.2, -0.15) is 0 Å². The number of halogens is 1. The fourth-order valence-corrected chi connectivity index (χ4v) is 2.98. The number of carbonyl (C=O) groups excluding carboxylic acids is 2. The van der Waals surface area contributed by atoms with Crippen LogP contribution in [0.25, 0.3) is 10.9 Å². The van der Waals surface area contributed by atoms with Crippen LogP contribution >= 0.6 is 22.6 Å². The van der Waals surface area contributed by atoms with Gasteiger partial charge < -0.3 is 10.1 Å². The van der Waals surface area contributed by atoms with Crippen molar-refractivity contribution in [1.29, 1.82) is 0 Å². The topological polar surface area (TPSA) is 68.3 Å². The average Bonchev–Trinajstić information content (AvgIpc) is 2.68. The number of methoxy groups -OCH3 is 1. The Balaban J connectivity index is 1.79. The number of pyridine rings is 1. The smallest absolute Gasteiger partial charge is 0.328 e. The maximum absolute atomic E-state index is 12.6. The SMILES string of the molecule is COC(=O)[C@H](Cc1ccc(I)cc1)NC(=O)c1ccc2ccccc2n1. The normalized spacial score (nSPS) is 11.8. The molecule has 1 amide bonds. The van der Waals surface area contributed by atoms with Crippen LogP contribution in [0.1, 0.15) is 16.1 Å².